The topological polar surface area (TPSA) is 63.2 Å². The molecule has 0 heterocycles. The van der Waals surface area contributed by atoms with Crippen LogP contribution >= 0.6 is 11.8 Å². The van der Waals surface area contributed by atoms with Crippen LogP contribution < -0.4 is 4.72 Å². The van der Waals surface area contributed by atoms with Crippen molar-refractivity contribution >= 4 is 27.6 Å². The van der Waals surface area contributed by atoms with Gasteiger partial charge in [0.25, 0.3) is 0 Å². The van der Waals surface area contributed by atoms with E-state index in [0.717, 1.165) is 11.5 Å². The number of carbonyl (C=O) groups is 1. The fourth-order valence-corrected chi connectivity index (χ4v) is 3.61. The molecule has 1 aromatic carbocycles. The minimum Gasteiger partial charge on any atom is -0.295 e. The van der Waals surface area contributed by atoms with Gasteiger partial charge in [0.15, 0.2) is 5.78 Å². The number of ketones is 1. The first-order valence-corrected chi connectivity index (χ1v) is 8.71. The van der Waals surface area contributed by atoms with Gasteiger partial charge in [-0.3, -0.25) is 4.79 Å². The van der Waals surface area contributed by atoms with E-state index in [-0.39, 0.29) is 16.7 Å². The van der Waals surface area contributed by atoms with Crippen LogP contribution in [0.2, 0.25) is 0 Å². The van der Waals surface area contributed by atoms with Crippen LogP contribution in [-0.2, 0) is 10.0 Å². The second kappa shape index (κ2) is 7.07. The van der Waals surface area contributed by atoms with Gasteiger partial charge in [-0.2, -0.15) is 11.8 Å². The minimum atomic E-state index is -3.56. The molecule has 1 unspecified atom stereocenters. The van der Waals surface area contributed by atoms with Gasteiger partial charge in [-0.1, -0.05) is 19.1 Å². The van der Waals surface area contributed by atoms with E-state index in [4.69, 9.17) is 0 Å². The molecular weight excluding hydrogens is 282 g/mol. The molecule has 4 nitrogen and oxygen atoms in total. The summed E-state index contributed by atoms with van der Waals surface area (Å²) in [5.41, 5.74) is 0.401. The fourth-order valence-electron chi connectivity index (χ4n) is 1.54. The first kappa shape index (κ1) is 16.2. The summed E-state index contributed by atoms with van der Waals surface area (Å²) in [5, 5.41) is 0. The highest BCUT2D eigenvalue weighted by atomic mass is 32.2. The fraction of sp³-hybridized carbons (Fsp3) is 0.462. The van der Waals surface area contributed by atoms with Gasteiger partial charge in [0.2, 0.25) is 10.0 Å². The quantitative estimate of drug-likeness (QED) is 0.785. The van der Waals surface area contributed by atoms with Crippen molar-refractivity contribution in [1.29, 1.82) is 0 Å². The summed E-state index contributed by atoms with van der Waals surface area (Å²) >= 11 is 1.68. The number of hydrogen-bond acceptors (Lipinski definition) is 4. The van der Waals surface area contributed by atoms with Gasteiger partial charge in [0, 0.05) is 17.4 Å². The molecule has 19 heavy (non-hydrogen) atoms. The summed E-state index contributed by atoms with van der Waals surface area (Å²) in [6.07, 6.45) is 0. The summed E-state index contributed by atoms with van der Waals surface area (Å²) in [6, 6.07) is 5.95. The third-order valence-corrected chi connectivity index (χ3v) is 5.21. The first-order chi connectivity index (χ1) is 8.86. The van der Waals surface area contributed by atoms with Crippen LogP contribution in [0.3, 0.4) is 0 Å². The van der Waals surface area contributed by atoms with Crippen molar-refractivity contribution in [3.8, 4) is 0 Å². The highest BCUT2D eigenvalue weighted by Crippen LogP contribution is 2.13. The summed E-state index contributed by atoms with van der Waals surface area (Å²) in [6.45, 7) is 5.27. The Labute approximate surface area is 119 Å². The predicted octanol–water partition coefficient (Wildman–Crippen LogP) is 2.31. The van der Waals surface area contributed by atoms with E-state index >= 15 is 0 Å². The monoisotopic (exact) mass is 301 g/mol. The lowest BCUT2D eigenvalue weighted by Crippen LogP contribution is -2.34. The van der Waals surface area contributed by atoms with E-state index in [9.17, 15) is 13.2 Å². The third kappa shape index (κ3) is 4.97. The Kier molecular flexibility index (Phi) is 6.03. The highest BCUT2D eigenvalue weighted by Gasteiger charge is 2.18. The Hall–Kier alpha value is -0.850. The molecule has 6 heteroatoms. The number of benzene rings is 1. The zero-order chi connectivity index (χ0) is 14.5. The Morgan fingerprint density at radius 1 is 1.42 bits per heavy atom. The molecular formula is C13H19NO3S2. The smallest absolute Gasteiger partial charge is 0.240 e. The van der Waals surface area contributed by atoms with Gasteiger partial charge in [-0.25, -0.2) is 13.1 Å². The maximum Gasteiger partial charge on any atom is 0.240 e. The number of rotatable bonds is 7. The molecule has 1 aromatic rings. The van der Waals surface area contributed by atoms with Gasteiger partial charge in [0.05, 0.1) is 4.90 Å². The van der Waals surface area contributed by atoms with E-state index in [1.165, 1.54) is 19.1 Å². The number of nitrogens with one attached hydrogen (secondary N) is 1. The molecule has 0 spiro atoms. The summed E-state index contributed by atoms with van der Waals surface area (Å²) in [7, 11) is -3.56. The molecule has 0 aliphatic carbocycles. The summed E-state index contributed by atoms with van der Waals surface area (Å²) in [5.74, 6) is 1.53. The first-order valence-electron chi connectivity index (χ1n) is 6.08. The van der Waals surface area contributed by atoms with Crippen molar-refractivity contribution in [3.05, 3.63) is 29.8 Å². The average Bonchev–Trinajstić information content (AvgIpc) is 2.36. The maximum atomic E-state index is 12.1. The zero-order valence-electron chi connectivity index (χ0n) is 11.3. The molecule has 0 fully saturated rings. The van der Waals surface area contributed by atoms with Crippen LogP contribution in [0.1, 0.15) is 31.1 Å². The van der Waals surface area contributed by atoms with E-state index in [1.54, 1.807) is 23.9 Å². The van der Waals surface area contributed by atoms with Crippen LogP contribution in [0.4, 0.5) is 0 Å². The second-order valence-corrected chi connectivity index (χ2v) is 7.30. The van der Waals surface area contributed by atoms with Gasteiger partial charge in [-0.05, 0) is 31.7 Å². The molecule has 0 amide bonds. The van der Waals surface area contributed by atoms with Crippen molar-refractivity contribution in [2.24, 2.45) is 0 Å². The van der Waals surface area contributed by atoms with Gasteiger partial charge >= 0.3 is 0 Å². The van der Waals surface area contributed by atoms with Gasteiger partial charge in [0.1, 0.15) is 0 Å². The van der Waals surface area contributed by atoms with E-state index in [0.29, 0.717) is 5.56 Å². The molecule has 0 aliphatic heterocycles. The van der Waals surface area contributed by atoms with Crippen LogP contribution in [0.5, 0.6) is 0 Å². The van der Waals surface area contributed by atoms with E-state index in [2.05, 4.69) is 4.72 Å². The third-order valence-electron chi connectivity index (χ3n) is 2.48. The molecule has 0 bridgehead atoms. The van der Waals surface area contributed by atoms with Crippen molar-refractivity contribution < 1.29 is 13.2 Å². The second-order valence-electron chi connectivity index (χ2n) is 4.27. The number of Topliss-reactive ketones (excluding diaryl/α,β-unsaturated/α-hetero) is 1. The normalized spacial score (nSPS) is 13.2. The minimum absolute atomic E-state index is 0.133. The zero-order valence-corrected chi connectivity index (χ0v) is 13.0. The molecule has 0 aromatic heterocycles. The highest BCUT2D eigenvalue weighted by molar-refractivity contribution is 7.99. The van der Waals surface area contributed by atoms with Crippen LogP contribution in [0, 0.1) is 0 Å². The average molecular weight is 301 g/mol. The Balaban J connectivity index is 2.88. The van der Waals surface area contributed by atoms with Crippen molar-refractivity contribution in [2.45, 2.75) is 31.7 Å². The molecule has 0 aliphatic rings. The standard InChI is InChI=1S/C13H19NO3S2/c1-4-18-9-10(2)14-19(16,17)13-7-5-6-12(8-13)11(3)15/h5-8,10,14H,4,9H2,1-3H3. The van der Waals surface area contributed by atoms with Crippen LogP contribution in [0.15, 0.2) is 29.2 Å². The molecule has 1 rings (SSSR count). The van der Waals surface area contributed by atoms with Crippen LogP contribution in [0.25, 0.3) is 0 Å². The van der Waals surface area contributed by atoms with Crippen molar-refractivity contribution in [3.63, 3.8) is 0 Å². The molecule has 1 N–H and O–H groups in total. The molecule has 0 saturated heterocycles. The molecule has 0 saturated carbocycles. The van der Waals surface area contributed by atoms with E-state index < -0.39 is 10.0 Å². The lowest BCUT2D eigenvalue weighted by molar-refractivity contribution is 0.101. The Morgan fingerprint density at radius 2 is 2.11 bits per heavy atom. The van der Waals surface area contributed by atoms with Crippen LogP contribution in [-0.4, -0.2) is 31.7 Å². The number of carbonyl (C=O) groups excluding carboxylic acids is 1. The number of sulfonamides is 1. The largest absolute Gasteiger partial charge is 0.295 e. The summed E-state index contributed by atoms with van der Waals surface area (Å²) in [4.78, 5) is 11.4. The maximum absolute atomic E-state index is 12.1. The predicted molar refractivity (Wildman–Crippen MR) is 79.2 cm³/mol. The molecule has 0 radical (unpaired) electrons. The van der Waals surface area contributed by atoms with Crippen molar-refractivity contribution in [2.75, 3.05) is 11.5 Å². The number of thioether (sulfide) groups is 1. The van der Waals surface area contributed by atoms with E-state index in [1.807, 2.05) is 13.8 Å². The Morgan fingerprint density at radius 3 is 2.68 bits per heavy atom. The summed E-state index contributed by atoms with van der Waals surface area (Å²) < 4.78 is 26.9. The van der Waals surface area contributed by atoms with Crippen molar-refractivity contribution in [1.82, 2.24) is 4.72 Å². The Bertz CT molecular complexity index is 541. The SMILES string of the molecule is CCSCC(C)NS(=O)(=O)c1cccc(C(C)=O)c1. The lowest BCUT2D eigenvalue weighted by Gasteiger charge is -2.13. The van der Waals surface area contributed by atoms with Gasteiger partial charge in [-0.15, -0.1) is 0 Å². The van der Waals surface area contributed by atoms with Gasteiger partial charge < -0.3 is 0 Å². The lowest BCUT2D eigenvalue weighted by atomic mass is 10.2. The molecule has 1 atom stereocenters. The molecule has 106 valence electrons. The number of hydrogen-bond donors (Lipinski definition) is 1.